The van der Waals surface area contributed by atoms with Gasteiger partial charge in [-0.15, -0.1) is 0 Å². The molecule has 3 unspecified atom stereocenters. The highest BCUT2D eigenvalue weighted by Crippen LogP contribution is 2.54. The molecule has 0 radical (unpaired) electrons. The predicted molar refractivity (Wildman–Crippen MR) is 122 cm³/mol. The average Bonchev–Trinajstić information content (AvgIpc) is 3.38. The number of pyridine rings is 1. The van der Waals surface area contributed by atoms with Crippen LogP contribution in [0, 0.1) is 40.8 Å². The molecule has 1 heterocycles. The average molecular weight is 428 g/mol. The van der Waals surface area contributed by atoms with E-state index in [1.807, 2.05) is 13.1 Å². The maximum Gasteiger partial charge on any atom is 0.227 e. The predicted octanol–water partition coefficient (Wildman–Crippen LogP) is 6.04. The molecule has 32 heavy (non-hydrogen) atoms. The number of nitrogens with one attached hydrogen (secondary N) is 1. The van der Waals surface area contributed by atoms with E-state index in [0.29, 0.717) is 29.2 Å². The Bertz CT molecular complexity index is 1190. The van der Waals surface area contributed by atoms with Crippen LogP contribution in [0.15, 0.2) is 54.7 Å². The molecule has 162 valence electrons. The number of benzene rings is 2. The third-order valence-electron chi connectivity index (χ3n) is 7.63. The van der Waals surface area contributed by atoms with E-state index >= 15 is 0 Å². The van der Waals surface area contributed by atoms with Crippen LogP contribution >= 0.6 is 0 Å². The number of carbonyl (C=O) groups excluding carboxylic acids is 1. The van der Waals surface area contributed by atoms with Crippen molar-refractivity contribution in [2.45, 2.75) is 38.5 Å². The standard InChI is InChI=1S/C27H26FN3O/c1-16(27(32)31-23-5-2-17(15-29)3-6-23)18-10-19-12-21(13-20(19)11-18)24-8-9-30-26-7-4-22(28)14-25(24)26/h2-9,14,16,18-21H,10-13H2,1H3,(H,31,32)/t16?,18?,19-,20+,21?. The number of anilines is 1. The highest BCUT2D eigenvalue weighted by Gasteiger charge is 2.44. The van der Waals surface area contributed by atoms with E-state index in [1.54, 1.807) is 36.4 Å². The van der Waals surface area contributed by atoms with Crippen molar-refractivity contribution < 1.29 is 9.18 Å². The Labute approximate surface area is 187 Å². The topological polar surface area (TPSA) is 65.8 Å². The first kappa shape index (κ1) is 20.6. The van der Waals surface area contributed by atoms with Gasteiger partial charge in [0, 0.05) is 23.2 Å². The molecule has 5 heteroatoms. The molecule has 1 amide bonds. The zero-order valence-corrected chi connectivity index (χ0v) is 18.1. The Hall–Kier alpha value is -3.26. The highest BCUT2D eigenvalue weighted by atomic mass is 19.1. The van der Waals surface area contributed by atoms with Crippen LogP contribution in [0.4, 0.5) is 10.1 Å². The van der Waals surface area contributed by atoms with Gasteiger partial charge in [0.15, 0.2) is 0 Å². The maximum absolute atomic E-state index is 13.9. The van der Waals surface area contributed by atoms with Crippen molar-refractivity contribution in [1.29, 1.82) is 5.26 Å². The van der Waals surface area contributed by atoms with Gasteiger partial charge < -0.3 is 5.32 Å². The summed E-state index contributed by atoms with van der Waals surface area (Å²) in [6, 6.07) is 16.0. The van der Waals surface area contributed by atoms with Gasteiger partial charge in [-0.05, 0) is 103 Å². The minimum absolute atomic E-state index is 0.0480. The number of nitriles is 1. The van der Waals surface area contributed by atoms with Gasteiger partial charge in [0.1, 0.15) is 5.82 Å². The SMILES string of the molecule is CC(C(=O)Nc1ccc(C#N)cc1)C1C[C@H]2CC(c3ccnc4ccc(F)cc34)C[C@H]2C1. The van der Waals surface area contributed by atoms with Gasteiger partial charge in [0.25, 0.3) is 0 Å². The third-order valence-corrected chi connectivity index (χ3v) is 7.63. The zero-order chi connectivity index (χ0) is 22.2. The van der Waals surface area contributed by atoms with Crippen molar-refractivity contribution in [1.82, 2.24) is 4.98 Å². The quantitative estimate of drug-likeness (QED) is 0.552. The first-order valence-electron chi connectivity index (χ1n) is 11.4. The van der Waals surface area contributed by atoms with Gasteiger partial charge in [0.2, 0.25) is 5.91 Å². The molecule has 1 aromatic heterocycles. The number of aromatic nitrogens is 1. The Morgan fingerprint density at radius 1 is 1.09 bits per heavy atom. The summed E-state index contributed by atoms with van der Waals surface area (Å²) in [6.07, 6.45) is 6.17. The molecule has 1 N–H and O–H groups in total. The van der Waals surface area contributed by atoms with E-state index in [0.717, 1.165) is 42.3 Å². The van der Waals surface area contributed by atoms with E-state index in [1.165, 1.54) is 11.6 Å². The van der Waals surface area contributed by atoms with E-state index < -0.39 is 0 Å². The lowest BCUT2D eigenvalue weighted by molar-refractivity contribution is -0.120. The molecule has 2 aliphatic rings. The van der Waals surface area contributed by atoms with Gasteiger partial charge in [-0.2, -0.15) is 5.26 Å². The van der Waals surface area contributed by atoms with Crippen molar-refractivity contribution in [3.8, 4) is 6.07 Å². The van der Waals surface area contributed by atoms with Crippen molar-refractivity contribution >= 4 is 22.5 Å². The lowest BCUT2D eigenvalue weighted by Crippen LogP contribution is -2.26. The Morgan fingerprint density at radius 2 is 1.81 bits per heavy atom. The number of amides is 1. The number of fused-ring (bicyclic) bond motifs is 2. The fraction of sp³-hybridized carbons (Fsp3) is 0.370. The summed E-state index contributed by atoms with van der Waals surface area (Å²) in [6.45, 7) is 2.03. The summed E-state index contributed by atoms with van der Waals surface area (Å²) in [5.74, 6) is 1.83. The lowest BCUT2D eigenvalue weighted by atomic mass is 9.86. The zero-order valence-electron chi connectivity index (χ0n) is 18.1. The van der Waals surface area contributed by atoms with Crippen LogP contribution < -0.4 is 5.32 Å². The van der Waals surface area contributed by atoms with Crippen LogP contribution in [0.3, 0.4) is 0 Å². The molecule has 2 aromatic carbocycles. The normalized spacial score (nSPS) is 25.3. The molecule has 3 aromatic rings. The second-order valence-electron chi connectivity index (χ2n) is 9.45. The van der Waals surface area contributed by atoms with Gasteiger partial charge >= 0.3 is 0 Å². The molecule has 4 nitrogen and oxygen atoms in total. The third kappa shape index (κ3) is 3.86. The number of halogens is 1. The van der Waals surface area contributed by atoms with Crippen molar-refractivity contribution in [2.24, 2.45) is 23.7 Å². The summed E-state index contributed by atoms with van der Waals surface area (Å²) >= 11 is 0. The highest BCUT2D eigenvalue weighted by molar-refractivity contribution is 5.92. The van der Waals surface area contributed by atoms with Crippen LogP contribution in [0.1, 0.15) is 49.7 Å². The Kier molecular flexibility index (Phi) is 5.38. The second kappa shape index (κ2) is 8.35. The first-order chi connectivity index (χ1) is 15.5. The number of hydrogen-bond acceptors (Lipinski definition) is 3. The fourth-order valence-electron chi connectivity index (χ4n) is 5.92. The Balaban J connectivity index is 1.23. The first-order valence-corrected chi connectivity index (χ1v) is 11.4. The van der Waals surface area contributed by atoms with Crippen LogP contribution in [0.5, 0.6) is 0 Å². The molecule has 0 bridgehead atoms. The van der Waals surface area contributed by atoms with Crippen LogP contribution in [-0.4, -0.2) is 10.9 Å². The van der Waals surface area contributed by atoms with Gasteiger partial charge in [0.05, 0.1) is 17.1 Å². The summed E-state index contributed by atoms with van der Waals surface area (Å²) in [5.41, 5.74) is 3.38. The van der Waals surface area contributed by atoms with E-state index in [2.05, 4.69) is 22.4 Å². The summed E-state index contributed by atoms with van der Waals surface area (Å²) in [5, 5.41) is 12.9. The van der Waals surface area contributed by atoms with Crippen LogP contribution in [-0.2, 0) is 4.79 Å². The van der Waals surface area contributed by atoms with E-state index in [9.17, 15) is 9.18 Å². The lowest BCUT2D eigenvalue weighted by Gasteiger charge is -2.21. The van der Waals surface area contributed by atoms with Gasteiger partial charge in [-0.3, -0.25) is 9.78 Å². The maximum atomic E-state index is 13.9. The van der Waals surface area contributed by atoms with E-state index in [4.69, 9.17) is 5.26 Å². The summed E-state index contributed by atoms with van der Waals surface area (Å²) in [4.78, 5) is 17.2. The molecule has 0 aliphatic heterocycles. The molecular formula is C27H26FN3O. The smallest absolute Gasteiger partial charge is 0.227 e. The summed E-state index contributed by atoms with van der Waals surface area (Å²) < 4.78 is 13.9. The van der Waals surface area contributed by atoms with Gasteiger partial charge in [-0.1, -0.05) is 6.92 Å². The monoisotopic (exact) mass is 427 g/mol. The molecular weight excluding hydrogens is 401 g/mol. The number of rotatable bonds is 4. The Morgan fingerprint density at radius 3 is 2.50 bits per heavy atom. The van der Waals surface area contributed by atoms with Crippen LogP contribution in [0.25, 0.3) is 10.9 Å². The summed E-state index contributed by atoms with van der Waals surface area (Å²) in [7, 11) is 0. The molecule has 2 saturated carbocycles. The number of carbonyl (C=O) groups is 1. The minimum Gasteiger partial charge on any atom is -0.326 e. The molecule has 5 rings (SSSR count). The molecule has 2 aliphatic carbocycles. The fourth-order valence-corrected chi connectivity index (χ4v) is 5.92. The number of nitrogens with zero attached hydrogens (tertiary/aromatic N) is 2. The van der Waals surface area contributed by atoms with E-state index in [-0.39, 0.29) is 17.6 Å². The second-order valence-corrected chi connectivity index (χ2v) is 9.45. The largest absolute Gasteiger partial charge is 0.326 e. The minimum atomic E-state index is -0.216. The number of hydrogen-bond donors (Lipinski definition) is 1. The van der Waals surface area contributed by atoms with Gasteiger partial charge in [-0.25, -0.2) is 4.39 Å². The molecule has 0 saturated heterocycles. The van der Waals surface area contributed by atoms with Crippen molar-refractivity contribution in [2.75, 3.05) is 5.32 Å². The molecule has 0 spiro atoms. The molecule has 5 atom stereocenters. The van der Waals surface area contributed by atoms with Crippen LogP contribution in [0.2, 0.25) is 0 Å². The molecule has 2 fully saturated rings. The van der Waals surface area contributed by atoms with Crippen molar-refractivity contribution in [3.05, 3.63) is 71.7 Å². The van der Waals surface area contributed by atoms with Crippen molar-refractivity contribution in [3.63, 3.8) is 0 Å².